The predicted octanol–water partition coefficient (Wildman–Crippen LogP) is 3.90. The molecule has 1 unspecified atom stereocenters. The first-order valence-electron chi connectivity index (χ1n) is 7.72. The number of rotatable bonds is 3. The Balaban J connectivity index is 2.02. The molecule has 0 radical (unpaired) electrons. The highest BCUT2D eigenvalue weighted by atomic mass is 35.5. The second-order valence-electron chi connectivity index (χ2n) is 5.89. The average Bonchev–Trinajstić information content (AvgIpc) is 2.99. The first-order valence-corrected chi connectivity index (χ1v) is 8.48. The highest BCUT2D eigenvalue weighted by molar-refractivity contribution is 6.42. The van der Waals surface area contributed by atoms with Crippen molar-refractivity contribution in [3.63, 3.8) is 0 Å². The molecule has 0 bridgehead atoms. The fraction of sp³-hybridized carbons (Fsp3) is 0.235. The SMILES string of the molecule is CC1=C(C(=O)Nc2cc(C)on2)C(c2ccc(Cl)c(Cl)c2)NC(=O)N1C. The molecule has 7 nitrogen and oxygen atoms in total. The van der Waals surface area contributed by atoms with E-state index in [1.54, 1.807) is 45.2 Å². The number of nitrogens with zero attached hydrogens (tertiary/aromatic N) is 2. The van der Waals surface area contributed by atoms with Crippen LogP contribution in [0.25, 0.3) is 0 Å². The molecule has 2 aromatic rings. The van der Waals surface area contributed by atoms with Gasteiger partial charge in [0.25, 0.3) is 5.91 Å². The normalized spacial score (nSPS) is 17.3. The van der Waals surface area contributed by atoms with E-state index in [0.29, 0.717) is 38.5 Å². The summed E-state index contributed by atoms with van der Waals surface area (Å²) < 4.78 is 4.97. The largest absolute Gasteiger partial charge is 0.360 e. The fourth-order valence-electron chi connectivity index (χ4n) is 2.68. The minimum absolute atomic E-state index is 0.292. The van der Waals surface area contributed by atoms with E-state index in [0.717, 1.165) is 0 Å². The van der Waals surface area contributed by atoms with Crippen LogP contribution in [0.4, 0.5) is 10.6 Å². The molecule has 3 rings (SSSR count). The van der Waals surface area contributed by atoms with E-state index in [1.165, 1.54) is 4.90 Å². The van der Waals surface area contributed by atoms with Gasteiger partial charge >= 0.3 is 6.03 Å². The Hall–Kier alpha value is -2.51. The van der Waals surface area contributed by atoms with E-state index >= 15 is 0 Å². The number of urea groups is 1. The Labute approximate surface area is 159 Å². The van der Waals surface area contributed by atoms with Crippen molar-refractivity contribution in [1.29, 1.82) is 0 Å². The van der Waals surface area contributed by atoms with Crippen molar-refractivity contribution in [2.45, 2.75) is 19.9 Å². The smallest absolute Gasteiger partial charge is 0.322 e. The maximum atomic E-state index is 12.9. The zero-order valence-corrected chi connectivity index (χ0v) is 15.8. The molecule has 1 atom stereocenters. The molecule has 2 N–H and O–H groups in total. The zero-order chi connectivity index (χ0) is 19.0. The van der Waals surface area contributed by atoms with Gasteiger partial charge in [-0.2, -0.15) is 0 Å². The number of benzene rings is 1. The van der Waals surface area contributed by atoms with Crippen molar-refractivity contribution in [3.8, 4) is 0 Å². The van der Waals surface area contributed by atoms with Gasteiger partial charge in [-0.05, 0) is 31.5 Å². The summed E-state index contributed by atoms with van der Waals surface area (Å²) in [6.45, 7) is 3.42. The first-order chi connectivity index (χ1) is 12.3. The molecular formula is C17H16Cl2N4O3. The Kier molecular flexibility index (Phi) is 4.93. The number of aromatic nitrogens is 1. The summed E-state index contributed by atoms with van der Waals surface area (Å²) in [6.07, 6.45) is 0. The highest BCUT2D eigenvalue weighted by Gasteiger charge is 2.34. The second-order valence-corrected chi connectivity index (χ2v) is 6.71. The quantitative estimate of drug-likeness (QED) is 0.825. The third kappa shape index (κ3) is 3.40. The van der Waals surface area contributed by atoms with Gasteiger partial charge in [-0.25, -0.2) is 4.79 Å². The summed E-state index contributed by atoms with van der Waals surface area (Å²) in [6, 6.07) is 5.56. The second kappa shape index (κ2) is 7.01. The monoisotopic (exact) mass is 394 g/mol. The van der Waals surface area contributed by atoms with Crippen LogP contribution in [0.1, 0.15) is 24.3 Å². The van der Waals surface area contributed by atoms with Crippen molar-refractivity contribution in [1.82, 2.24) is 15.4 Å². The number of carbonyl (C=O) groups is 2. The van der Waals surface area contributed by atoms with E-state index in [1.807, 2.05) is 0 Å². The third-order valence-corrected chi connectivity index (χ3v) is 4.88. The van der Waals surface area contributed by atoms with Crippen LogP contribution in [0.2, 0.25) is 10.0 Å². The first kappa shape index (κ1) is 18.3. The summed E-state index contributed by atoms with van der Waals surface area (Å²) >= 11 is 12.1. The van der Waals surface area contributed by atoms with Gasteiger partial charge in [-0.15, -0.1) is 0 Å². The van der Waals surface area contributed by atoms with E-state index in [9.17, 15) is 9.59 Å². The molecule has 1 aliphatic heterocycles. The fourth-order valence-corrected chi connectivity index (χ4v) is 2.99. The van der Waals surface area contributed by atoms with Gasteiger partial charge in [0.2, 0.25) is 0 Å². The van der Waals surface area contributed by atoms with Crippen LogP contribution in [-0.2, 0) is 4.79 Å². The molecule has 0 aliphatic carbocycles. The van der Waals surface area contributed by atoms with Gasteiger partial charge in [-0.1, -0.05) is 34.4 Å². The molecule has 1 aromatic carbocycles. The van der Waals surface area contributed by atoms with Crippen LogP contribution in [0.3, 0.4) is 0 Å². The number of anilines is 1. The molecular weight excluding hydrogens is 379 g/mol. The lowest BCUT2D eigenvalue weighted by molar-refractivity contribution is -0.113. The molecule has 136 valence electrons. The summed E-state index contributed by atoms with van der Waals surface area (Å²) in [4.78, 5) is 26.5. The molecule has 9 heteroatoms. The molecule has 26 heavy (non-hydrogen) atoms. The summed E-state index contributed by atoms with van der Waals surface area (Å²) in [7, 11) is 1.59. The van der Waals surface area contributed by atoms with Crippen LogP contribution in [-0.4, -0.2) is 29.0 Å². The predicted molar refractivity (Wildman–Crippen MR) is 98.1 cm³/mol. The van der Waals surface area contributed by atoms with Crippen molar-refractivity contribution in [2.75, 3.05) is 12.4 Å². The standard InChI is InChI=1S/C17H16Cl2N4O3/c1-8-6-13(22-26-8)20-16(24)14-9(2)23(3)17(25)21-15(14)10-4-5-11(18)12(19)7-10/h4-7,15H,1-3H3,(H,21,25)(H,20,22,24). The van der Waals surface area contributed by atoms with Gasteiger partial charge in [0.1, 0.15) is 5.76 Å². The van der Waals surface area contributed by atoms with E-state index < -0.39 is 11.9 Å². The number of nitrogens with one attached hydrogen (secondary N) is 2. The molecule has 0 saturated carbocycles. The Morgan fingerprint density at radius 3 is 2.62 bits per heavy atom. The number of hydrogen-bond donors (Lipinski definition) is 2. The minimum atomic E-state index is -0.679. The summed E-state index contributed by atoms with van der Waals surface area (Å²) in [5.74, 6) is 0.458. The number of amides is 3. The summed E-state index contributed by atoms with van der Waals surface area (Å²) in [5.41, 5.74) is 1.52. The van der Waals surface area contributed by atoms with Gasteiger partial charge in [0.15, 0.2) is 5.82 Å². The number of hydrogen-bond acceptors (Lipinski definition) is 4. The highest BCUT2D eigenvalue weighted by Crippen LogP contribution is 2.33. The minimum Gasteiger partial charge on any atom is -0.360 e. The van der Waals surface area contributed by atoms with Crippen LogP contribution < -0.4 is 10.6 Å². The Bertz CT molecular complexity index is 922. The molecule has 0 spiro atoms. The Morgan fingerprint density at radius 1 is 1.27 bits per heavy atom. The lowest BCUT2D eigenvalue weighted by Crippen LogP contribution is -2.46. The number of carbonyl (C=O) groups excluding carboxylic acids is 2. The van der Waals surface area contributed by atoms with Gasteiger partial charge in [-0.3, -0.25) is 4.79 Å². The van der Waals surface area contributed by atoms with Crippen LogP contribution in [0, 0.1) is 6.92 Å². The number of halogens is 2. The molecule has 0 fully saturated rings. The topological polar surface area (TPSA) is 87.5 Å². The van der Waals surface area contributed by atoms with Crippen LogP contribution >= 0.6 is 23.2 Å². The van der Waals surface area contributed by atoms with Gasteiger partial charge in [0, 0.05) is 18.8 Å². The van der Waals surface area contributed by atoms with Crippen molar-refractivity contribution < 1.29 is 14.1 Å². The molecule has 1 aromatic heterocycles. The van der Waals surface area contributed by atoms with Crippen molar-refractivity contribution in [2.24, 2.45) is 0 Å². The third-order valence-electron chi connectivity index (χ3n) is 4.15. The lowest BCUT2D eigenvalue weighted by Gasteiger charge is -2.33. The van der Waals surface area contributed by atoms with Crippen molar-refractivity contribution >= 4 is 41.0 Å². The van der Waals surface area contributed by atoms with Crippen molar-refractivity contribution in [3.05, 3.63) is 56.9 Å². The maximum Gasteiger partial charge on any atom is 0.322 e. The van der Waals surface area contributed by atoms with Crippen LogP contribution in [0.15, 0.2) is 40.1 Å². The molecule has 0 saturated heterocycles. The Morgan fingerprint density at radius 2 is 2.00 bits per heavy atom. The number of aryl methyl sites for hydroxylation is 1. The van der Waals surface area contributed by atoms with Gasteiger partial charge in [0.05, 0.1) is 21.7 Å². The number of allylic oxidation sites excluding steroid dienone is 1. The molecule has 3 amide bonds. The maximum absolute atomic E-state index is 12.9. The lowest BCUT2D eigenvalue weighted by atomic mass is 9.94. The van der Waals surface area contributed by atoms with E-state index in [4.69, 9.17) is 27.7 Å². The summed E-state index contributed by atoms with van der Waals surface area (Å²) in [5, 5.41) is 9.98. The van der Waals surface area contributed by atoms with E-state index in [-0.39, 0.29) is 6.03 Å². The zero-order valence-electron chi connectivity index (χ0n) is 14.3. The van der Waals surface area contributed by atoms with Crippen LogP contribution in [0.5, 0.6) is 0 Å². The van der Waals surface area contributed by atoms with E-state index in [2.05, 4.69) is 15.8 Å². The molecule has 2 heterocycles. The molecule has 1 aliphatic rings. The average molecular weight is 395 g/mol. The van der Waals surface area contributed by atoms with Gasteiger partial charge < -0.3 is 20.1 Å².